The molecule has 134 valence electrons. The van der Waals surface area contributed by atoms with Crippen LogP contribution in [0.5, 0.6) is 0 Å². The number of carbonyl (C=O) groups excluding carboxylic acids is 1. The third kappa shape index (κ3) is 8.25. The zero-order valence-corrected chi connectivity index (χ0v) is 14.7. The van der Waals surface area contributed by atoms with Crippen LogP contribution in [0.1, 0.15) is 71.1 Å². The predicted octanol–water partition coefficient (Wildman–Crippen LogP) is 4.34. The maximum atomic E-state index is 12.0. The molecule has 1 unspecified atom stereocenters. The van der Waals surface area contributed by atoms with Crippen LogP contribution in [0.2, 0.25) is 0 Å². The summed E-state index contributed by atoms with van der Waals surface area (Å²) in [4.78, 5) is 22.4. The van der Waals surface area contributed by atoms with E-state index in [-0.39, 0.29) is 12.2 Å². The highest BCUT2D eigenvalue weighted by Crippen LogP contribution is 2.27. The van der Waals surface area contributed by atoms with E-state index in [1.165, 1.54) is 0 Å². The molecule has 1 aliphatic carbocycles. The summed E-state index contributed by atoms with van der Waals surface area (Å²) < 4.78 is 0. The minimum absolute atomic E-state index is 0.176. The number of unbranched alkanes of at least 4 members (excludes halogenated alkanes) is 3. The molecule has 0 heterocycles. The molecule has 0 aromatic rings. The number of carbonyl (C=O) groups is 2. The first-order chi connectivity index (χ1) is 11.5. The van der Waals surface area contributed by atoms with Gasteiger partial charge in [0, 0.05) is 18.4 Å². The molecule has 0 spiro atoms. The lowest BCUT2D eigenvalue weighted by molar-refractivity contribution is -0.137. The largest absolute Gasteiger partial charge is 0.481 e. The Morgan fingerprint density at radius 1 is 1.21 bits per heavy atom. The van der Waals surface area contributed by atoms with Gasteiger partial charge in [0.1, 0.15) is 0 Å². The molecular weight excluding hydrogens is 304 g/mol. The van der Waals surface area contributed by atoms with Crippen molar-refractivity contribution in [3.05, 3.63) is 35.5 Å². The lowest BCUT2D eigenvalue weighted by Gasteiger charge is -2.05. The van der Waals surface area contributed by atoms with E-state index in [4.69, 9.17) is 5.11 Å². The first-order valence-electron chi connectivity index (χ1n) is 9.02. The van der Waals surface area contributed by atoms with Gasteiger partial charge in [-0.3, -0.25) is 9.59 Å². The number of Topliss-reactive ketones (excluding diaryl/α,β-unsaturated/α-hetero) is 1. The zero-order valence-electron chi connectivity index (χ0n) is 14.7. The van der Waals surface area contributed by atoms with Gasteiger partial charge in [0.05, 0.1) is 6.10 Å². The Morgan fingerprint density at radius 2 is 2.00 bits per heavy atom. The van der Waals surface area contributed by atoms with Crippen LogP contribution >= 0.6 is 0 Å². The Labute approximate surface area is 145 Å². The first-order valence-corrected chi connectivity index (χ1v) is 9.02. The van der Waals surface area contributed by atoms with Crippen LogP contribution in [0.25, 0.3) is 0 Å². The van der Waals surface area contributed by atoms with Crippen LogP contribution in [0, 0.1) is 0 Å². The number of ketones is 1. The molecule has 1 rings (SSSR count). The van der Waals surface area contributed by atoms with Crippen molar-refractivity contribution in [1.82, 2.24) is 0 Å². The molecule has 4 heteroatoms. The van der Waals surface area contributed by atoms with Gasteiger partial charge in [-0.25, -0.2) is 0 Å². The topological polar surface area (TPSA) is 74.6 Å². The fraction of sp³-hybridized carbons (Fsp3) is 0.600. The number of carboxylic acids is 1. The minimum Gasteiger partial charge on any atom is -0.481 e. The summed E-state index contributed by atoms with van der Waals surface area (Å²) >= 11 is 0. The Bertz CT molecular complexity index is 500. The van der Waals surface area contributed by atoms with Crippen LogP contribution in [0.4, 0.5) is 0 Å². The summed E-state index contributed by atoms with van der Waals surface area (Å²) in [5.41, 5.74) is 1.87. The second-order valence-corrected chi connectivity index (χ2v) is 6.31. The second kappa shape index (κ2) is 11.8. The highest BCUT2D eigenvalue weighted by atomic mass is 16.4. The van der Waals surface area contributed by atoms with Crippen molar-refractivity contribution < 1.29 is 19.8 Å². The van der Waals surface area contributed by atoms with Crippen LogP contribution < -0.4 is 0 Å². The molecule has 0 aromatic heterocycles. The van der Waals surface area contributed by atoms with Crippen molar-refractivity contribution in [2.24, 2.45) is 0 Å². The van der Waals surface area contributed by atoms with Gasteiger partial charge in [-0.15, -0.1) is 0 Å². The third-order valence-electron chi connectivity index (χ3n) is 4.22. The van der Waals surface area contributed by atoms with E-state index in [1.807, 2.05) is 18.2 Å². The Kier molecular flexibility index (Phi) is 10.0. The van der Waals surface area contributed by atoms with Crippen LogP contribution in [0.3, 0.4) is 0 Å². The van der Waals surface area contributed by atoms with Crippen molar-refractivity contribution in [3.8, 4) is 0 Å². The molecule has 0 aliphatic heterocycles. The third-order valence-corrected chi connectivity index (χ3v) is 4.22. The van der Waals surface area contributed by atoms with Crippen molar-refractivity contribution in [2.45, 2.75) is 77.2 Å². The van der Waals surface area contributed by atoms with Crippen molar-refractivity contribution in [1.29, 1.82) is 0 Å². The molecular formula is C20H30O4. The van der Waals surface area contributed by atoms with Crippen molar-refractivity contribution in [3.63, 3.8) is 0 Å². The average Bonchev–Trinajstić information content (AvgIpc) is 2.89. The lowest BCUT2D eigenvalue weighted by Crippen LogP contribution is -2.01. The molecule has 0 amide bonds. The fourth-order valence-electron chi connectivity index (χ4n) is 2.78. The van der Waals surface area contributed by atoms with E-state index in [2.05, 4.69) is 6.92 Å². The molecule has 0 aromatic carbocycles. The van der Waals surface area contributed by atoms with E-state index >= 15 is 0 Å². The van der Waals surface area contributed by atoms with E-state index in [1.54, 1.807) is 6.08 Å². The van der Waals surface area contributed by atoms with Gasteiger partial charge >= 0.3 is 5.97 Å². The molecule has 4 nitrogen and oxygen atoms in total. The first kappa shape index (κ1) is 20.4. The number of allylic oxidation sites excluding steroid dienone is 5. The molecule has 2 N–H and O–H groups in total. The zero-order chi connectivity index (χ0) is 17.8. The van der Waals surface area contributed by atoms with Gasteiger partial charge in [-0.1, -0.05) is 50.5 Å². The molecule has 0 radical (unpaired) electrons. The van der Waals surface area contributed by atoms with E-state index in [0.717, 1.165) is 49.7 Å². The summed E-state index contributed by atoms with van der Waals surface area (Å²) in [6.45, 7) is 2.14. The van der Waals surface area contributed by atoms with Gasteiger partial charge in [-0.05, 0) is 37.7 Å². The van der Waals surface area contributed by atoms with E-state index in [0.29, 0.717) is 19.3 Å². The Hall–Kier alpha value is -1.68. The standard InChI is InChI=1S/C20H30O4/c1-2-3-6-9-17(21)14-12-16-13-15-19(22)18(16)10-7-4-5-8-11-20(23)24/h4,7,12,14,17,21H,2-3,5-6,8-11,13,15H2,1H3,(H,23,24)/b7-4-,14-12+. The molecule has 1 atom stereocenters. The SMILES string of the molecule is CCCCCC(O)/C=C/C1=C(C/C=C\CCCC(=O)O)C(=O)CC1. The summed E-state index contributed by atoms with van der Waals surface area (Å²) in [6.07, 6.45) is 14.6. The van der Waals surface area contributed by atoms with E-state index < -0.39 is 12.1 Å². The summed E-state index contributed by atoms with van der Waals surface area (Å²) in [5, 5.41) is 18.5. The second-order valence-electron chi connectivity index (χ2n) is 6.31. The average molecular weight is 334 g/mol. The van der Waals surface area contributed by atoms with Gasteiger partial charge in [0.2, 0.25) is 0 Å². The number of aliphatic hydroxyl groups excluding tert-OH is 1. The number of rotatable bonds is 12. The number of hydrogen-bond donors (Lipinski definition) is 2. The molecule has 0 bridgehead atoms. The summed E-state index contributed by atoms with van der Waals surface area (Å²) in [7, 11) is 0. The quantitative estimate of drug-likeness (QED) is 0.411. The van der Waals surface area contributed by atoms with Crippen LogP contribution in [-0.4, -0.2) is 28.1 Å². The van der Waals surface area contributed by atoms with Gasteiger partial charge in [0.25, 0.3) is 0 Å². The maximum absolute atomic E-state index is 12.0. The highest BCUT2D eigenvalue weighted by Gasteiger charge is 2.20. The monoisotopic (exact) mass is 334 g/mol. The maximum Gasteiger partial charge on any atom is 0.303 e. The predicted molar refractivity (Wildman–Crippen MR) is 95.8 cm³/mol. The Balaban J connectivity index is 2.48. The molecule has 1 aliphatic rings. The van der Waals surface area contributed by atoms with Gasteiger partial charge in [0.15, 0.2) is 5.78 Å². The van der Waals surface area contributed by atoms with Crippen LogP contribution in [-0.2, 0) is 9.59 Å². The van der Waals surface area contributed by atoms with E-state index in [9.17, 15) is 14.7 Å². The van der Waals surface area contributed by atoms with Gasteiger partial charge in [-0.2, -0.15) is 0 Å². The smallest absolute Gasteiger partial charge is 0.303 e. The van der Waals surface area contributed by atoms with Crippen molar-refractivity contribution in [2.75, 3.05) is 0 Å². The van der Waals surface area contributed by atoms with Gasteiger partial charge < -0.3 is 10.2 Å². The Morgan fingerprint density at radius 3 is 2.71 bits per heavy atom. The number of hydrogen-bond acceptors (Lipinski definition) is 3. The minimum atomic E-state index is -0.776. The van der Waals surface area contributed by atoms with Crippen LogP contribution in [0.15, 0.2) is 35.5 Å². The number of aliphatic carboxylic acids is 1. The summed E-state index contributed by atoms with van der Waals surface area (Å²) in [6, 6.07) is 0. The highest BCUT2D eigenvalue weighted by molar-refractivity contribution is 5.99. The lowest BCUT2D eigenvalue weighted by atomic mass is 10.0. The summed E-state index contributed by atoms with van der Waals surface area (Å²) in [5.74, 6) is -0.590. The molecule has 24 heavy (non-hydrogen) atoms. The number of carboxylic acid groups (broad SMARTS) is 1. The van der Waals surface area contributed by atoms with Crippen molar-refractivity contribution >= 4 is 11.8 Å². The fourth-order valence-corrected chi connectivity index (χ4v) is 2.78. The molecule has 0 saturated carbocycles. The molecule has 0 saturated heterocycles. The number of aliphatic hydroxyl groups is 1. The normalized spacial score (nSPS) is 16.7. The molecule has 0 fully saturated rings.